The summed E-state index contributed by atoms with van der Waals surface area (Å²) in [6, 6.07) is 22.3. The largest absolute Gasteiger partial charge is 0.215 e. The van der Waals surface area contributed by atoms with Gasteiger partial charge in [0.05, 0.1) is 0 Å². The molecule has 148 valence electrons. The van der Waals surface area contributed by atoms with E-state index < -0.39 is 31.6 Å². The average Bonchev–Trinajstić information content (AvgIpc) is 2.52. The molecule has 0 aliphatic heterocycles. The molecule has 0 saturated heterocycles. The molecule has 0 radical (unpaired) electrons. The van der Waals surface area contributed by atoms with E-state index in [0.717, 1.165) is 0 Å². The third-order valence-electron chi connectivity index (χ3n) is 6.23. The topological polar surface area (TPSA) is 0 Å². The number of hydrogen-bond donors (Lipinski definition) is 0. The van der Waals surface area contributed by atoms with Crippen molar-refractivity contribution < 1.29 is 0 Å². The lowest BCUT2D eigenvalue weighted by Crippen LogP contribution is -2.82. The van der Waals surface area contributed by atoms with Crippen molar-refractivity contribution in [1.82, 2.24) is 0 Å². The Bertz CT molecular complexity index is 677. The van der Waals surface area contributed by atoms with E-state index in [1.54, 1.807) is 0 Å². The molecule has 0 nitrogen and oxygen atoms in total. The van der Waals surface area contributed by atoms with Crippen molar-refractivity contribution in [3.63, 3.8) is 0 Å². The van der Waals surface area contributed by atoms with Crippen molar-refractivity contribution in [2.24, 2.45) is 0 Å². The summed E-state index contributed by atoms with van der Waals surface area (Å²) in [5, 5.41) is 2.82. The third-order valence-corrected chi connectivity index (χ3v) is 43.5. The van der Waals surface area contributed by atoms with Crippen molar-refractivity contribution >= 4 is 53.1 Å². The van der Waals surface area contributed by atoms with Crippen LogP contribution in [0.3, 0.4) is 0 Å². The fourth-order valence-electron chi connectivity index (χ4n) is 6.86. The molecule has 0 atom stereocenters. The van der Waals surface area contributed by atoms with Gasteiger partial charge in [-0.2, -0.15) is 11.1 Å². The molecular formula is C22H37ClSi4. The first-order chi connectivity index (χ1) is 12.2. The van der Waals surface area contributed by atoms with Crippen molar-refractivity contribution in [1.29, 1.82) is 0 Å². The highest BCUT2D eigenvalue weighted by molar-refractivity contribution is 7.50. The van der Waals surface area contributed by atoms with E-state index in [2.05, 4.69) is 120 Å². The summed E-state index contributed by atoms with van der Waals surface area (Å²) in [7, 11) is -7.50. The molecule has 0 bridgehead atoms. The Morgan fingerprint density at radius 2 is 0.778 bits per heavy atom. The molecule has 0 N–H and O–H groups in total. The van der Waals surface area contributed by atoms with Crippen molar-refractivity contribution in [3.8, 4) is 0 Å². The summed E-state index contributed by atoms with van der Waals surface area (Å²) >= 11 is 8.21. The zero-order chi connectivity index (χ0) is 20.7. The highest BCUT2D eigenvalue weighted by atomic mass is 35.6. The minimum Gasteiger partial charge on any atom is -0.155 e. The van der Waals surface area contributed by atoms with Crippen LogP contribution in [0.4, 0.5) is 0 Å². The molecule has 0 unspecified atom stereocenters. The van der Waals surface area contributed by atoms with Gasteiger partial charge in [0, 0.05) is 24.2 Å². The Kier molecular flexibility index (Phi) is 6.31. The van der Waals surface area contributed by atoms with Gasteiger partial charge in [-0.25, -0.2) is 0 Å². The molecule has 0 aromatic heterocycles. The fraction of sp³-hybridized carbons (Fsp3) is 0.455. The normalized spacial score (nSPS) is 14.3. The van der Waals surface area contributed by atoms with Crippen molar-refractivity contribution in [2.45, 2.75) is 62.8 Å². The summed E-state index contributed by atoms with van der Waals surface area (Å²) in [5.74, 6) is 0. The first-order valence-electron chi connectivity index (χ1n) is 10.0. The maximum atomic E-state index is 8.21. The summed E-state index contributed by atoms with van der Waals surface area (Å²) in [6.07, 6.45) is 0. The van der Waals surface area contributed by atoms with Crippen LogP contribution >= 0.6 is 11.1 Å². The number of halogens is 1. The molecule has 2 aromatic carbocycles. The van der Waals surface area contributed by atoms with Crippen LogP contribution < -0.4 is 10.4 Å². The van der Waals surface area contributed by atoms with E-state index in [1.807, 2.05) is 0 Å². The van der Waals surface area contributed by atoms with E-state index in [9.17, 15) is 0 Å². The summed E-state index contributed by atoms with van der Waals surface area (Å²) in [5.41, 5.74) is 0. The van der Waals surface area contributed by atoms with Gasteiger partial charge in [0.2, 0.25) is 7.38 Å². The molecule has 0 aliphatic carbocycles. The van der Waals surface area contributed by atoms with Gasteiger partial charge in [-0.3, -0.25) is 0 Å². The van der Waals surface area contributed by atoms with Crippen LogP contribution in [0.1, 0.15) is 0 Å². The molecule has 0 heterocycles. The molecule has 0 spiro atoms. The van der Waals surface area contributed by atoms with Crippen LogP contribution in [-0.4, -0.2) is 31.6 Å². The minimum atomic E-state index is -2.53. The average molecular weight is 449 g/mol. The van der Waals surface area contributed by atoms with Gasteiger partial charge >= 0.3 is 0 Å². The lowest BCUT2D eigenvalue weighted by atomic mass is 10.4. The zero-order valence-electron chi connectivity index (χ0n) is 18.7. The SMILES string of the molecule is C[Si](C)(C)C([Si](C)(C)C)([Si](C)(C)C)[Si](Cl)(c1ccccc1)c1ccccc1. The number of hydrogen-bond acceptors (Lipinski definition) is 0. The van der Waals surface area contributed by atoms with Gasteiger partial charge in [-0.15, -0.1) is 0 Å². The van der Waals surface area contributed by atoms with Gasteiger partial charge in [0.1, 0.15) is 0 Å². The highest BCUT2D eigenvalue weighted by Gasteiger charge is 2.71. The zero-order valence-corrected chi connectivity index (χ0v) is 23.4. The highest BCUT2D eigenvalue weighted by Crippen LogP contribution is 2.60. The van der Waals surface area contributed by atoms with Gasteiger partial charge in [0.25, 0.3) is 0 Å². The minimum absolute atomic E-state index is 0.296. The number of rotatable bonds is 6. The summed E-state index contributed by atoms with van der Waals surface area (Å²) in [6.45, 7) is 23.4. The van der Waals surface area contributed by atoms with Gasteiger partial charge in [-0.05, 0) is 14.3 Å². The van der Waals surface area contributed by atoms with Crippen molar-refractivity contribution in [3.05, 3.63) is 60.7 Å². The standard InChI is InChI=1S/C22H37ClSi4/c1-24(2,3)22(25(4,5)6,26(7,8)9)27(23,20-16-12-10-13-17-20)21-18-14-11-15-19-21/h10-19H,1-9H3. The molecule has 0 fully saturated rings. The van der Waals surface area contributed by atoms with E-state index in [4.69, 9.17) is 11.1 Å². The second-order valence-electron chi connectivity index (χ2n) is 10.9. The quantitative estimate of drug-likeness (QED) is 0.356. The van der Waals surface area contributed by atoms with Crippen molar-refractivity contribution in [2.75, 3.05) is 0 Å². The van der Waals surface area contributed by atoms with E-state index in [0.29, 0.717) is 3.91 Å². The first-order valence-corrected chi connectivity index (χ1v) is 23.5. The van der Waals surface area contributed by atoms with Gasteiger partial charge in [-0.1, -0.05) is 120 Å². The van der Waals surface area contributed by atoms with E-state index >= 15 is 0 Å². The lowest BCUT2D eigenvalue weighted by molar-refractivity contribution is 1.21. The van der Waals surface area contributed by atoms with Crippen LogP contribution in [0.2, 0.25) is 62.8 Å². The van der Waals surface area contributed by atoms with Crippen LogP contribution in [-0.2, 0) is 0 Å². The van der Waals surface area contributed by atoms with Crippen LogP contribution in [0.5, 0.6) is 0 Å². The van der Waals surface area contributed by atoms with E-state index in [1.165, 1.54) is 10.4 Å². The number of benzene rings is 2. The smallest absolute Gasteiger partial charge is 0.155 e. The van der Waals surface area contributed by atoms with Crippen LogP contribution in [0.15, 0.2) is 60.7 Å². The third kappa shape index (κ3) is 3.52. The first kappa shape index (κ1) is 22.9. The predicted octanol–water partition coefficient (Wildman–Crippen LogP) is 6.36. The molecule has 5 heteroatoms. The molecule has 2 aromatic rings. The Morgan fingerprint density at radius 1 is 0.519 bits per heavy atom. The Morgan fingerprint density at radius 3 is 1.00 bits per heavy atom. The molecule has 2 rings (SSSR count). The fourth-order valence-corrected chi connectivity index (χ4v) is 59.8. The van der Waals surface area contributed by atoms with Gasteiger partial charge in [0.15, 0.2) is 0 Å². The van der Waals surface area contributed by atoms with Gasteiger partial charge < -0.3 is 0 Å². The summed E-state index contributed by atoms with van der Waals surface area (Å²) < 4.78 is 0.296. The molecule has 0 aliphatic rings. The Hall–Kier alpha value is -0.402. The predicted molar refractivity (Wildman–Crippen MR) is 136 cm³/mol. The monoisotopic (exact) mass is 448 g/mol. The molecule has 0 saturated carbocycles. The molecular weight excluding hydrogens is 412 g/mol. The van der Waals surface area contributed by atoms with Crippen LogP contribution in [0, 0.1) is 0 Å². The maximum absolute atomic E-state index is 8.21. The molecule has 27 heavy (non-hydrogen) atoms. The Labute approximate surface area is 176 Å². The second-order valence-corrected chi connectivity index (χ2v) is 34.6. The second kappa shape index (κ2) is 7.45. The molecule has 0 amide bonds. The van der Waals surface area contributed by atoms with E-state index in [-0.39, 0.29) is 0 Å². The Balaban J connectivity index is 3.11. The lowest BCUT2D eigenvalue weighted by Gasteiger charge is -2.65. The summed E-state index contributed by atoms with van der Waals surface area (Å²) in [4.78, 5) is 0. The maximum Gasteiger partial charge on any atom is 0.215 e. The van der Waals surface area contributed by atoms with Crippen LogP contribution in [0.25, 0.3) is 0 Å².